The van der Waals surface area contributed by atoms with Crippen molar-refractivity contribution in [1.82, 2.24) is 14.7 Å². The second-order valence-electron chi connectivity index (χ2n) is 7.07. The molecule has 28 heavy (non-hydrogen) atoms. The Labute approximate surface area is 164 Å². The van der Waals surface area contributed by atoms with Gasteiger partial charge in [-0.2, -0.15) is 5.10 Å². The van der Waals surface area contributed by atoms with Crippen LogP contribution in [0.25, 0.3) is 0 Å². The van der Waals surface area contributed by atoms with Gasteiger partial charge in [-0.3, -0.25) is 9.58 Å². The fraction of sp³-hybridized carbons (Fsp3) is 0.318. The molecule has 146 valence electrons. The molecule has 1 aliphatic heterocycles. The SMILES string of the molecule is OC[C@H](O)c1cc2n(n1)CCN(Cc1ccccc1OCc1ccccc1)C2. The topological polar surface area (TPSA) is 70.8 Å². The van der Waals surface area contributed by atoms with Crippen molar-refractivity contribution in [2.75, 3.05) is 13.2 Å². The van der Waals surface area contributed by atoms with Crippen LogP contribution in [-0.4, -0.2) is 38.0 Å². The minimum Gasteiger partial charge on any atom is -0.489 e. The molecule has 0 saturated carbocycles. The van der Waals surface area contributed by atoms with Crippen LogP contribution < -0.4 is 4.74 Å². The summed E-state index contributed by atoms with van der Waals surface area (Å²) in [6.07, 6.45) is -0.918. The largest absolute Gasteiger partial charge is 0.489 e. The van der Waals surface area contributed by atoms with Crippen LogP contribution in [0.4, 0.5) is 0 Å². The molecular formula is C22H25N3O3. The summed E-state index contributed by atoms with van der Waals surface area (Å²) in [5.41, 5.74) is 3.89. The molecule has 0 spiro atoms. The molecule has 0 saturated heterocycles. The van der Waals surface area contributed by atoms with E-state index >= 15 is 0 Å². The molecule has 4 rings (SSSR count). The van der Waals surface area contributed by atoms with E-state index in [4.69, 9.17) is 9.84 Å². The average Bonchev–Trinajstić information content (AvgIpc) is 3.17. The Hall–Kier alpha value is -2.67. The van der Waals surface area contributed by atoms with Crippen LogP contribution in [0.2, 0.25) is 0 Å². The number of hydrogen-bond donors (Lipinski definition) is 2. The van der Waals surface area contributed by atoms with Crippen LogP contribution in [0.15, 0.2) is 60.7 Å². The van der Waals surface area contributed by atoms with Gasteiger partial charge in [-0.05, 0) is 17.7 Å². The zero-order valence-electron chi connectivity index (χ0n) is 15.7. The number of nitrogens with zero attached hydrogens (tertiary/aromatic N) is 3. The van der Waals surface area contributed by atoms with E-state index in [0.29, 0.717) is 12.3 Å². The zero-order valence-corrected chi connectivity index (χ0v) is 15.7. The third kappa shape index (κ3) is 4.25. The summed E-state index contributed by atoms with van der Waals surface area (Å²) in [6.45, 7) is 3.41. The van der Waals surface area contributed by atoms with Gasteiger partial charge in [0.05, 0.1) is 24.5 Å². The van der Waals surface area contributed by atoms with Gasteiger partial charge >= 0.3 is 0 Å². The highest BCUT2D eigenvalue weighted by atomic mass is 16.5. The predicted molar refractivity (Wildman–Crippen MR) is 106 cm³/mol. The van der Waals surface area contributed by atoms with Crippen molar-refractivity contribution in [3.63, 3.8) is 0 Å². The molecule has 0 bridgehead atoms. The van der Waals surface area contributed by atoms with Gasteiger partial charge in [-0.1, -0.05) is 48.5 Å². The third-order valence-corrected chi connectivity index (χ3v) is 5.01. The van der Waals surface area contributed by atoms with E-state index in [-0.39, 0.29) is 6.61 Å². The molecule has 1 atom stereocenters. The standard InChI is InChI=1S/C22H25N3O3/c26-15-21(27)20-12-19-14-24(10-11-25(19)23-20)13-18-8-4-5-9-22(18)28-16-17-6-2-1-3-7-17/h1-9,12,21,26-27H,10-11,13-16H2/t21-/m0/s1. The van der Waals surface area contributed by atoms with Crippen molar-refractivity contribution in [3.05, 3.63) is 83.2 Å². The van der Waals surface area contributed by atoms with Gasteiger partial charge in [-0.25, -0.2) is 0 Å². The lowest BCUT2D eigenvalue weighted by Crippen LogP contribution is -2.33. The van der Waals surface area contributed by atoms with Crippen molar-refractivity contribution < 1.29 is 14.9 Å². The number of rotatable bonds is 7. The van der Waals surface area contributed by atoms with Gasteiger partial charge < -0.3 is 14.9 Å². The summed E-state index contributed by atoms with van der Waals surface area (Å²) < 4.78 is 8.00. The summed E-state index contributed by atoms with van der Waals surface area (Å²) in [7, 11) is 0. The highest BCUT2D eigenvalue weighted by Crippen LogP contribution is 2.24. The maximum absolute atomic E-state index is 9.81. The van der Waals surface area contributed by atoms with E-state index in [2.05, 4.69) is 28.2 Å². The number of hydrogen-bond acceptors (Lipinski definition) is 5. The molecule has 2 aromatic carbocycles. The molecule has 0 aliphatic carbocycles. The van der Waals surface area contributed by atoms with Gasteiger partial charge in [0, 0.05) is 25.2 Å². The van der Waals surface area contributed by atoms with Crippen molar-refractivity contribution in [2.45, 2.75) is 32.3 Å². The number of para-hydroxylation sites is 1. The minimum absolute atomic E-state index is 0.313. The van der Waals surface area contributed by atoms with Crippen LogP contribution in [0.3, 0.4) is 0 Å². The van der Waals surface area contributed by atoms with E-state index in [1.807, 2.05) is 47.1 Å². The summed E-state index contributed by atoms with van der Waals surface area (Å²) in [5.74, 6) is 0.904. The Morgan fingerprint density at radius 3 is 2.64 bits per heavy atom. The summed E-state index contributed by atoms with van der Waals surface area (Å²) in [5, 5.41) is 23.3. The Morgan fingerprint density at radius 1 is 1.04 bits per heavy atom. The Morgan fingerprint density at radius 2 is 1.82 bits per heavy atom. The minimum atomic E-state index is -0.918. The second kappa shape index (κ2) is 8.56. The third-order valence-electron chi connectivity index (χ3n) is 5.01. The molecule has 3 aromatic rings. The number of aromatic nitrogens is 2. The summed E-state index contributed by atoms with van der Waals surface area (Å²) in [4.78, 5) is 2.34. The number of aliphatic hydroxyl groups is 2. The number of aliphatic hydroxyl groups excluding tert-OH is 2. The lowest BCUT2D eigenvalue weighted by Gasteiger charge is -2.28. The van der Waals surface area contributed by atoms with E-state index in [1.54, 1.807) is 0 Å². The van der Waals surface area contributed by atoms with E-state index in [0.717, 1.165) is 48.7 Å². The molecule has 2 heterocycles. The van der Waals surface area contributed by atoms with Crippen LogP contribution >= 0.6 is 0 Å². The Balaban J connectivity index is 1.43. The maximum atomic E-state index is 9.81. The molecule has 0 amide bonds. The van der Waals surface area contributed by atoms with Crippen LogP contribution in [0.5, 0.6) is 5.75 Å². The Bertz CT molecular complexity index is 910. The molecule has 6 heteroatoms. The van der Waals surface area contributed by atoms with Crippen LogP contribution in [0, 0.1) is 0 Å². The molecule has 1 aromatic heterocycles. The molecule has 6 nitrogen and oxygen atoms in total. The van der Waals surface area contributed by atoms with E-state index < -0.39 is 6.10 Å². The molecule has 2 N–H and O–H groups in total. The Kier molecular flexibility index (Phi) is 5.71. The highest BCUT2D eigenvalue weighted by Gasteiger charge is 2.21. The highest BCUT2D eigenvalue weighted by molar-refractivity contribution is 5.33. The average molecular weight is 379 g/mol. The van der Waals surface area contributed by atoms with E-state index in [1.165, 1.54) is 0 Å². The predicted octanol–water partition coefficient (Wildman–Crippen LogP) is 2.50. The normalized spacial score (nSPS) is 15.2. The van der Waals surface area contributed by atoms with Crippen LogP contribution in [-0.2, 0) is 26.2 Å². The van der Waals surface area contributed by atoms with Gasteiger partial charge in [0.1, 0.15) is 18.5 Å². The molecule has 0 radical (unpaired) electrons. The van der Waals surface area contributed by atoms with Crippen molar-refractivity contribution in [2.24, 2.45) is 0 Å². The lowest BCUT2D eigenvalue weighted by atomic mass is 10.1. The quantitative estimate of drug-likeness (QED) is 0.660. The first-order chi connectivity index (χ1) is 13.7. The monoisotopic (exact) mass is 379 g/mol. The van der Waals surface area contributed by atoms with Gasteiger partial charge in [-0.15, -0.1) is 0 Å². The number of ether oxygens (including phenoxy) is 1. The van der Waals surface area contributed by atoms with Crippen molar-refractivity contribution >= 4 is 0 Å². The maximum Gasteiger partial charge on any atom is 0.124 e. The van der Waals surface area contributed by atoms with Crippen LogP contribution in [0.1, 0.15) is 28.6 Å². The van der Waals surface area contributed by atoms with Crippen molar-refractivity contribution in [1.29, 1.82) is 0 Å². The zero-order chi connectivity index (χ0) is 19.3. The van der Waals surface area contributed by atoms with Gasteiger partial charge in [0.2, 0.25) is 0 Å². The van der Waals surface area contributed by atoms with Gasteiger partial charge in [0.25, 0.3) is 0 Å². The lowest BCUT2D eigenvalue weighted by molar-refractivity contribution is 0.0915. The first kappa shape index (κ1) is 18.7. The fourth-order valence-electron chi connectivity index (χ4n) is 3.49. The number of benzene rings is 2. The second-order valence-corrected chi connectivity index (χ2v) is 7.07. The fourth-order valence-corrected chi connectivity index (χ4v) is 3.49. The molecule has 0 fully saturated rings. The van der Waals surface area contributed by atoms with Crippen molar-refractivity contribution in [3.8, 4) is 5.75 Å². The summed E-state index contributed by atoms with van der Waals surface area (Å²) >= 11 is 0. The smallest absolute Gasteiger partial charge is 0.124 e. The van der Waals surface area contributed by atoms with E-state index in [9.17, 15) is 5.11 Å². The molecular weight excluding hydrogens is 354 g/mol. The van der Waals surface area contributed by atoms with Gasteiger partial charge in [0.15, 0.2) is 0 Å². The first-order valence-electron chi connectivity index (χ1n) is 9.55. The summed E-state index contributed by atoms with van der Waals surface area (Å²) in [6, 6.07) is 20.2. The molecule has 0 unspecified atom stereocenters. The first-order valence-corrected chi connectivity index (χ1v) is 9.55. The molecule has 1 aliphatic rings. The number of fused-ring (bicyclic) bond motifs is 1.